The summed E-state index contributed by atoms with van der Waals surface area (Å²) in [6.07, 6.45) is 0. The molecule has 0 saturated carbocycles. The predicted octanol–water partition coefficient (Wildman–Crippen LogP) is -1.68. The first kappa shape index (κ1) is 8.19. The van der Waals surface area contributed by atoms with Gasteiger partial charge in [-0.05, 0) is 0 Å². The molecule has 0 bridgehead atoms. The Morgan fingerprint density at radius 3 is 2.82 bits per heavy atom. The maximum Gasteiger partial charge on any atom is 0.327 e. The Labute approximate surface area is 65.2 Å². The van der Waals surface area contributed by atoms with E-state index in [0.717, 1.165) is 0 Å². The minimum Gasteiger partial charge on any atom is -0.480 e. The van der Waals surface area contributed by atoms with Crippen LogP contribution in [0.25, 0.3) is 0 Å². The van der Waals surface area contributed by atoms with Crippen LogP contribution in [0.1, 0.15) is 0 Å². The molecule has 0 aliphatic carbocycles. The van der Waals surface area contributed by atoms with E-state index in [0.29, 0.717) is 0 Å². The second kappa shape index (κ2) is 3.00. The van der Waals surface area contributed by atoms with Crippen LogP contribution in [0.5, 0.6) is 0 Å². The third-order valence-electron chi connectivity index (χ3n) is 1.28. The molecule has 62 valence electrons. The van der Waals surface area contributed by atoms with Crippen LogP contribution >= 0.6 is 0 Å². The lowest BCUT2D eigenvalue weighted by molar-refractivity contribution is -0.141. The van der Waals surface area contributed by atoms with E-state index in [2.05, 4.69) is 5.32 Å². The van der Waals surface area contributed by atoms with Crippen molar-refractivity contribution in [3.05, 3.63) is 0 Å². The minimum atomic E-state index is -1.31. The lowest BCUT2D eigenvalue weighted by Crippen LogP contribution is -2.50. The fourth-order valence-corrected chi connectivity index (χ4v) is 1.89. The van der Waals surface area contributed by atoms with Gasteiger partial charge in [-0.15, -0.1) is 0 Å². The molecule has 2 atom stereocenters. The number of carbonyl (C=O) groups is 2. The topological polar surface area (TPSA) is 83.5 Å². The molecule has 1 fully saturated rings. The number of hydrogen-bond acceptors (Lipinski definition) is 3. The molecule has 2 N–H and O–H groups in total. The van der Waals surface area contributed by atoms with E-state index in [-0.39, 0.29) is 11.5 Å². The van der Waals surface area contributed by atoms with Crippen molar-refractivity contribution in [2.45, 2.75) is 6.04 Å². The van der Waals surface area contributed by atoms with Gasteiger partial charge >= 0.3 is 5.97 Å². The fourth-order valence-electron chi connectivity index (χ4n) is 0.802. The van der Waals surface area contributed by atoms with Crippen molar-refractivity contribution >= 4 is 22.7 Å². The molecule has 1 rings (SSSR count). The highest BCUT2D eigenvalue weighted by molar-refractivity contribution is 7.85. The van der Waals surface area contributed by atoms with Gasteiger partial charge in [0.1, 0.15) is 11.8 Å². The van der Waals surface area contributed by atoms with E-state index in [1.165, 1.54) is 0 Å². The van der Waals surface area contributed by atoms with Gasteiger partial charge in [0.15, 0.2) is 0 Å². The summed E-state index contributed by atoms with van der Waals surface area (Å²) in [6.45, 7) is 0. The number of hydrogen-bond donors (Lipinski definition) is 2. The molecule has 0 aromatic heterocycles. The van der Waals surface area contributed by atoms with Gasteiger partial charge in [-0.2, -0.15) is 0 Å². The largest absolute Gasteiger partial charge is 0.480 e. The van der Waals surface area contributed by atoms with Crippen molar-refractivity contribution in [1.29, 1.82) is 0 Å². The predicted molar refractivity (Wildman–Crippen MR) is 37.4 cm³/mol. The smallest absolute Gasteiger partial charge is 0.327 e. The Kier molecular flexibility index (Phi) is 2.23. The first-order valence-electron chi connectivity index (χ1n) is 2.97. The number of carboxylic acid groups (broad SMARTS) is 1. The van der Waals surface area contributed by atoms with Crippen LogP contribution in [-0.2, 0) is 20.4 Å². The highest BCUT2D eigenvalue weighted by atomic mass is 32.2. The van der Waals surface area contributed by atoms with Gasteiger partial charge in [-0.25, -0.2) is 4.79 Å². The molecule has 6 heteroatoms. The lowest BCUT2D eigenvalue weighted by atomic mass is 10.3. The van der Waals surface area contributed by atoms with Crippen LogP contribution in [-0.4, -0.2) is 38.7 Å². The molecule has 0 aromatic rings. The number of aliphatic carboxylic acids is 1. The summed E-state index contributed by atoms with van der Waals surface area (Å²) in [5.41, 5.74) is 0. The van der Waals surface area contributed by atoms with Crippen LogP contribution < -0.4 is 5.32 Å². The van der Waals surface area contributed by atoms with Gasteiger partial charge in [-0.3, -0.25) is 9.00 Å². The van der Waals surface area contributed by atoms with E-state index in [4.69, 9.17) is 5.11 Å². The van der Waals surface area contributed by atoms with Crippen LogP contribution in [0, 0.1) is 0 Å². The van der Waals surface area contributed by atoms with Crippen molar-refractivity contribution in [3.63, 3.8) is 0 Å². The fraction of sp³-hybridized carbons (Fsp3) is 0.600. The van der Waals surface area contributed by atoms with Gasteiger partial charge < -0.3 is 10.4 Å². The second-order valence-corrected chi connectivity index (χ2v) is 3.71. The lowest BCUT2D eigenvalue weighted by Gasteiger charge is -2.18. The van der Waals surface area contributed by atoms with E-state index in [1.807, 2.05) is 0 Å². The van der Waals surface area contributed by atoms with Crippen LogP contribution in [0.15, 0.2) is 0 Å². The van der Waals surface area contributed by atoms with E-state index in [1.54, 1.807) is 0 Å². The first-order valence-corrected chi connectivity index (χ1v) is 4.45. The maximum absolute atomic E-state index is 10.8. The molecule has 5 nitrogen and oxygen atoms in total. The summed E-state index contributed by atoms with van der Waals surface area (Å²) in [5, 5.41) is 10.6. The van der Waals surface area contributed by atoms with Crippen molar-refractivity contribution in [2.24, 2.45) is 0 Å². The molecule has 11 heavy (non-hydrogen) atoms. The van der Waals surface area contributed by atoms with Gasteiger partial charge in [0.05, 0.1) is 5.75 Å². The van der Waals surface area contributed by atoms with Gasteiger partial charge in [-0.1, -0.05) is 0 Å². The Hall–Kier alpha value is -0.910. The number of rotatable bonds is 1. The molecule has 0 aromatic carbocycles. The van der Waals surface area contributed by atoms with E-state index in [9.17, 15) is 13.8 Å². The maximum atomic E-state index is 10.8. The van der Waals surface area contributed by atoms with Crippen molar-refractivity contribution in [3.8, 4) is 0 Å². The zero-order chi connectivity index (χ0) is 8.43. The highest BCUT2D eigenvalue weighted by Crippen LogP contribution is 1.97. The van der Waals surface area contributed by atoms with Crippen molar-refractivity contribution < 1.29 is 18.9 Å². The molecular formula is C5H7NO4S. The van der Waals surface area contributed by atoms with Crippen molar-refractivity contribution in [1.82, 2.24) is 5.32 Å². The Morgan fingerprint density at radius 2 is 2.36 bits per heavy atom. The zero-order valence-corrected chi connectivity index (χ0v) is 6.39. The number of nitrogens with one attached hydrogen (secondary N) is 1. The standard InChI is InChI=1S/C5H7NO4S/c7-4-2-11(10)1-3(6-4)5(8)9/h3H,1-2H2,(H,6,7)(H,8,9)/t3-,11?/m0/s1. The number of carbonyl (C=O) groups excluding carboxylic acids is 1. The molecule has 1 unspecified atom stereocenters. The van der Waals surface area contributed by atoms with E-state index < -0.39 is 28.7 Å². The molecule has 1 aliphatic heterocycles. The monoisotopic (exact) mass is 177 g/mol. The van der Waals surface area contributed by atoms with Crippen LogP contribution in [0.4, 0.5) is 0 Å². The second-order valence-electron chi connectivity index (χ2n) is 2.21. The third kappa shape index (κ3) is 2.01. The van der Waals surface area contributed by atoms with Crippen molar-refractivity contribution in [2.75, 3.05) is 11.5 Å². The summed E-state index contributed by atoms with van der Waals surface area (Å²) in [5.74, 6) is -1.65. The van der Waals surface area contributed by atoms with Gasteiger partial charge in [0.25, 0.3) is 0 Å². The van der Waals surface area contributed by atoms with Gasteiger partial charge in [0.2, 0.25) is 5.91 Å². The average Bonchev–Trinajstić information content (AvgIpc) is 1.85. The molecule has 1 aliphatic rings. The van der Waals surface area contributed by atoms with Crippen LogP contribution in [0.2, 0.25) is 0 Å². The molecule has 0 spiro atoms. The zero-order valence-electron chi connectivity index (χ0n) is 5.57. The Balaban J connectivity index is 2.63. The summed E-state index contributed by atoms with van der Waals surface area (Å²) in [4.78, 5) is 20.9. The average molecular weight is 177 g/mol. The quantitative estimate of drug-likeness (QED) is 0.501. The minimum absolute atomic E-state index is 0.0150. The Bertz CT molecular complexity index is 211. The van der Waals surface area contributed by atoms with Crippen LogP contribution in [0.3, 0.4) is 0 Å². The summed E-state index contributed by atoms with van der Waals surface area (Å²) >= 11 is 0. The molecule has 0 radical (unpaired) electrons. The molecular weight excluding hydrogens is 170 g/mol. The normalized spacial score (nSPS) is 31.1. The van der Waals surface area contributed by atoms with E-state index >= 15 is 0 Å². The Morgan fingerprint density at radius 1 is 1.73 bits per heavy atom. The summed E-state index contributed by atoms with van der Waals surface area (Å²) in [6, 6.07) is -0.975. The summed E-state index contributed by atoms with van der Waals surface area (Å²) in [7, 11) is -1.31. The molecule has 1 saturated heterocycles. The highest BCUT2D eigenvalue weighted by Gasteiger charge is 2.28. The third-order valence-corrected chi connectivity index (χ3v) is 2.57. The SMILES string of the molecule is O=C1CS(=O)C[C@@H](C(=O)O)N1. The number of carboxylic acids is 1. The summed E-state index contributed by atoms with van der Waals surface area (Å²) < 4.78 is 10.8. The molecule has 1 heterocycles. The van der Waals surface area contributed by atoms with Gasteiger partial charge in [0, 0.05) is 10.8 Å². The molecule has 1 amide bonds. The first-order chi connectivity index (χ1) is 5.09. The number of amides is 1.